The second-order valence-electron chi connectivity index (χ2n) is 11.9. The van der Waals surface area contributed by atoms with Gasteiger partial charge in [-0.05, 0) is 57.8 Å². The van der Waals surface area contributed by atoms with Gasteiger partial charge < -0.3 is 0 Å². The molecule has 0 fully saturated rings. The van der Waals surface area contributed by atoms with Gasteiger partial charge in [0.25, 0.3) is 0 Å². The Bertz CT molecular complexity index is 724. The van der Waals surface area contributed by atoms with E-state index >= 15 is 0 Å². The van der Waals surface area contributed by atoms with Crippen LogP contribution in [0.25, 0.3) is 0 Å². The first kappa shape index (κ1) is 26.1. The van der Waals surface area contributed by atoms with Crippen LogP contribution in [0.5, 0.6) is 0 Å². The van der Waals surface area contributed by atoms with Gasteiger partial charge in [-0.25, -0.2) is 9.59 Å². The average Bonchev–Trinajstić information content (AvgIpc) is 2.54. The quantitative estimate of drug-likeness (QED) is 0.408. The summed E-state index contributed by atoms with van der Waals surface area (Å²) in [4.78, 5) is 33.2. The summed E-state index contributed by atoms with van der Waals surface area (Å²) in [6.45, 7) is 20.6. The molecule has 0 unspecified atom stereocenters. The average molecular weight is 423 g/mol. The summed E-state index contributed by atoms with van der Waals surface area (Å²) in [6, 6.07) is 2.89. The van der Waals surface area contributed by atoms with E-state index in [1.165, 1.54) is 12.1 Å². The van der Waals surface area contributed by atoms with Gasteiger partial charge >= 0.3 is 11.9 Å². The fraction of sp³-hybridized carbons (Fsp3) is 0.667. The van der Waals surface area contributed by atoms with Crippen LogP contribution in [0.2, 0.25) is 0 Å². The molecule has 0 spiro atoms. The molecule has 0 saturated heterocycles. The van der Waals surface area contributed by atoms with Crippen LogP contribution >= 0.6 is 0 Å². The Kier molecular flexibility index (Phi) is 7.55. The molecule has 170 valence electrons. The molecule has 0 aliphatic rings. The molecule has 6 heteroatoms. The Balaban J connectivity index is 4.09. The monoisotopic (exact) mass is 422 g/mol. The van der Waals surface area contributed by atoms with Gasteiger partial charge in [-0.3, -0.25) is 9.78 Å². The molecular formula is C24H38O6. The highest BCUT2D eigenvalue weighted by Crippen LogP contribution is 2.47. The van der Waals surface area contributed by atoms with Gasteiger partial charge in [0.1, 0.15) is 0 Å². The lowest BCUT2D eigenvalue weighted by atomic mass is 9.62. The van der Waals surface area contributed by atoms with Gasteiger partial charge in [-0.15, -0.1) is 0 Å². The second kappa shape index (κ2) is 8.67. The Hall–Kier alpha value is -1.92. The summed E-state index contributed by atoms with van der Waals surface area (Å²) in [6.07, 6.45) is 1.39. The van der Waals surface area contributed by atoms with E-state index in [0.29, 0.717) is 24.0 Å². The van der Waals surface area contributed by atoms with Gasteiger partial charge in [0, 0.05) is 0 Å². The zero-order valence-electron chi connectivity index (χ0n) is 20.1. The lowest BCUT2D eigenvalue weighted by Gasteiger charge is -2.41. The fourth-order valence-electron chi connectivity index (χ4n) is 5.28. The zero-order valence-corrected chi connectivity index (χ0v) is 20.1. The van der Waals surface area contributed by atoms with Crippen molar-refractivity contribution in [3.8, 4) is 0 Å². The summed E-state index contributed by atoms with van der Waals surface area (Å²) in [7, 11) is 0. The molecule has 1 aromatic rings. The maximum absolute atomic E-state index is 12.5. The van der Waals surface area contributed by atoms with Crippen LogP contribution in [0.1, 0.15) is 114 Å². The minimum atomic E-state index is -0.885. The summed E-state index contributed by atoms with van der Waals surface area (Å²) in [5.41, 5.74) is 0.348. The Morgan fingerprint density at radius 3 is 1.13 bits per heavy atom. The Labute approximate surface area is 180 Å². The lowest BCUT2D eigenvalue weighted by molar-refractivity contribution is -0.183. The number of benzene rings is 1. The summed E-state index contributed by atoms with van der Waals surface area (Å²) in [5, 5.41) is 18.3. The first-order chi connectivity index (χ1) is 13.4. The van der Waals surface area contributed by atoms with Crippen molar-refractivity contribution >= 4 is 11.9 Å². The minimum absolute atomic E-state index is 0.0805. The van der Waals surface area contributed by atoms with E-state index in [2.05, 4.69) is 51.3 Å². The third-order valence-electron chi connectivity index (χ3n) is 5.11. The van der Waals surface area contributed by atoms with E-state index < -0.39 is 22.8 Å². The molecular weight excluding hydrogens is 384 g/mol. The maximum Gasteiger partial charge on any atom is 0.373 e. The molecule has 0 amide bonds. The molecule has 0 saturated carbocycles. The highest BCUT2D eigenvalue weighted by atomic mass is 17.1. The van der Waals surface area contributed by atoms with Crippen molar-refractivity contribution in [1.82, 2.24) is 0 Å². The van der Waals surface area contributed by atoms with Crippen LogP contribution in [0.3, 0.4) is 0 Å². The van der Waals surface area contributed by atoms with Gasteiger partial charge in [0.2, 0.25) is 0 Å². The number of carbonyl (C=O) groups excluding carboxylic acids is 2. The fourth-order valence-corrected chi connectivity index (χ4v) is 5.28. The SMILES string of the molecule is CC(C)(C)CC(C)(C)c1c(C(=O)OO)ccc(C(=O)OO)c1C(C)(C)CC(C)(C)C. The van der Waals surface area contributed by atoms with Crippen LogP contribution in [-0.2, 0) is 20.6 Å². The van der Waals surface area contributed by atoms with Gasteiger partial charge in [0.05, 0.1) is 11.1 Å². The van der Waals surface area contributed by atoms with Crippen molar-refractivity contribution in [2.75, 3.05) is 0 Å². The summed E-state index contributed by atoms with van der Waals surface area (Å²) < 4.78 is 0. The van der Waals surface area contributed by atoms with Crippen molar-refractivity contribution in [3.05, 3.63) is 34.4 Å². The molecule has 0 heterocycles. The predicted molar refractivity (Wildman–Crippen MR) is 117 cm³/mol. The number of hydrogen-bond acceptors (Lipinski definition) is 6. The van der Waals surface area contributed by atoms with Crippen molar-refractivity contribution in [3.63, 3.8) is 0 Å². The van der Waals surface area contributed by atoms with E-state index in [0.717, 1.165) is 0 Å². The van der Waals surface area contributed by atoms with E-state index in [9.17, 15) is 9.59 Å². The normalized spacial score (nSPS) is 13.2. The summed E-state index contributed by atoms with van der Waals surface area (Å²) >= 11 is 0. The van der Waals surface area contributed by atoms with Crippen molar-refractivity contribution in [2.24, 2.45) is 10.8 Å². The van der Waals surface area contributed by atoms with Crippen LogP contribution in [0.15, 0.2) is 12.1 Å². The summed E-state index contributed by atoms with van der Waals surface area (Å²) in [5.74, 6) is -1.77. The third kappa shape index (κ3) is 6.29. The van der Waals surface area contributed by atoms with Crippen LogP contribution in [0.4, 0.5) is 0 Å². The molecule has 30 heavy (non-hydrogen) atoms. The molecule has 0 aliphatic carbocycles. The predicted octanol–water partition coefficient (Wildman–Crippen LogP) is 6.37. The molecule has 0 atom stereocenters. The van der Waals surface area contributed by atoms with Gasteiger partial charge in [-0.1, -0.05) is 69.2 Å². The van der Waals surface area contributed by atoms with E-state index in [1.807, 2.05) is 27.7 Å². The molecule has 1 aromatic carbocycles. The number of hydrogen-bond donors (Lipinski definition) is 2. The third-order valence-corrected chi connectivity index (χ3v) is 5.11. The highest BCUT2D eigenvalue weighted by Gasteiger charge is 2.41. The molecule has 0 radical (unpaired) electrons. The first-order valence-corrected chi connectivity index (χ1v) is 10.3. The number of rotatable bonds is 6. The van der Waals surface area contributed by atoms with Crippen LogP contribution < -0.4 is 0 Å². The van der Waals surface area contributed by atoms with E-state index in [4.69, 9.17) is 10.5 Å². The maximum atomic E-state index is 12.5. The van der Waals surface area contributed by atoms with Crippen molar-refractivity contribution in [1.29, 1.82) is 0 Å². The lowest BCUT2D eigenvalue weighted by Crippen LogP contribution is -2.35. The second-order valence-corrected chi connectivity index (χ2v) is 11.9. The smallest absolute Gasteiger partial charge is 0.295 e. The largest absolute Gasteiger partial charge is 0.373 e. The van der Waals surface area contributed by atoms with E-state index in [-0.39, 0.29) is 22.0 Å². The van der Waals surface area contributed by atoms with Gasteiger partial charge in [-0.2, -0.15) is 10.5 Å². The molecule has 2 N–H and O–H groups in total. The molecule has 1 rings (SSSR count). The molecule has 0 aliphatic heterocycles. The molecule has 0 aromatic heterocycles. The van der Waals surface area contributed by atoms with Crippen LogP contribution in [-0.4, -0.2) is 22.5 Å². The molecule has 0 bridgehead atoms. The Morgan fingerprint density at radius 2 is 0.933 bits per heavy atom. The van der Waals surface area contributed by atoms with Crippen LogP contribution in [0, 0.1) is 10.8 Å². The van der Waals surface area contributed by atoms with E-state index in [1.54, 1.807) is 0 Å². The Morgan fingerprint density at radius 1 is 0.667 bits per heavy atom. The topological polar surface area (TPSA) is 93.1 Å². The molecule has 6 nitrogen and oxygen atoms in total. The zero-order chi connectivity index (χ0) is 23.7. The van der Waals surface area contributed by atoms with Crippen molar-refractivity contribution < 1.29 is 29.9 Å². The standard InChI is InChI=1S/C24H38O6/c1-21(2,3)13-23(7,8)17-15(19(25)29-27)11-12-16(20(26)30-28)18(17)24(9,10)14-22(4,5)6/h11-12,27-28H,13-14H2,1-10H3. The minimum Gasteiger partial charge on any atom is -0.295 e. The van der Waals surface area contributed by atoms with Gasteiger partial charge in [0.15, 0.2) is 0 Å². The van der Waals surface area contributed by atoms with Crippen molar-refractivity contribution in [2.45, 2.75) is 92.9 Å². The highest BCUT2D eigenvalue weighted by molar-refractivity contribution is 5.97. The first-order valence-electron chi connectivity index (χ1n) is 10.3. The number of carbonyl (C=O) groups is 2.